The van der Waals surface area contributed by atoms with Crippen molar-refractivity contribution in [2.45, 2.75) is 13.0 Å². The summed E-state index contributed by atoms with van der Waals surface area (Å²) in [6, 6.07) is 10.2. The van der Waals surface area contributed by atoms with Gasteiger partial charge in [-0.3, -0.25) is 4.68 Å². The summed E-state index contributed by atoms with van der Waals surface area (Å²) < 4.78 is 3.76. The van der Waals surface area contributed by atoms with E-state index in [-0.39, 0.29) is 0 Å². The van der Waals surface area contributed by atoms with Gasteiger partial charge in [-0.05, 0) is 24.6 Å². The smallest absolute Gasteiger partial charge is 0.189 e. The van der Waals surface area contributed by atoms with Gasteiger partial charge < -0.3 is 4.90 Å². The monoisotopic (exact) mass is 332 g/mol. The lowest BCUT2D eigenvalue weighted by atomic mass is 10.1. The van der Waals surface area contributed by atoms with Gasteiger partial charge in [0.1, 0.15) is 6.33 Å². The fourth-order valence-electron chi connectivity index (χ4n) is 3.14. The second-order valence-corrected chi connectivity index (χ2v) is 6.26. The number of para-hydroxylation sites is 1. The molecule has 4 heterocycles. The molecule has 4 aromatic rings. The molecule has 8 heteroatoms. The van der Waals surface area contributed by atoms with Crippen LogP contribution < -0.4 is 4.90 Å². The number of hydrogen-bond acceptors (Lipinski definition) is 6. The molecule has 0 radical (unpaired) electrons. The van der Waals surface area contributed by atoms with Crippen molar-refractivity contribution in [1.82, 2.24) is 34.7 Å². The van der Waals surface area contributed by atoms with Crippen LogP contribution >= 0.6 is 0 Å². The third-order valence-corrected chi connectivity index (χ3v) is 4.49. The lowest BCUT2D eigenvalue weighted by Crippen LogP contribution is -2.48. The fraction of sp³-hybridized carbons (Fsp3) is 0.235. The second kappa shape index (κ2) is 5.37. The summed E-state index contributed by atoms with van der Waals surface area (Å²) in [6.45, 7) is 3.76. The van der Waals surface area contributed by atoms with Crippen molar-refractivity contribution in [3.63, 3.8) is 0 Å². The lowest BCUT2D eigenvalue weighted by molar-refractivity contribution is 0.366. The molecule has 0 unspecified atom stereocenters. The van der Waals surface area contributed by atoms with Crippen molar-refractivity contribution < 1.29 is 0 Å². The normalized spacial score (nSPS) is 14.8. The van der Waals surface area contributed by atoms with Gasteiger partial charge in [0.2, 0.25) is 0 Å². The maximum absolute atomic E-state index is 4.44. The summed E-state index contributed by atoms with van der Waals surface area (Å²) in [6.07, 6.45) is 5.53. The van der Waals surface area contributed by atoms with Crippen LogP contribution in [0.4, 0.5) is 5.82 Å². The maximum Gasteiger partial charge on any atom is 0.189 e. The zero-order valence-electron chi connectivity index (χ0n) is 13.7. The molecule has 0 N–H and O–H groups in total. The molecule has 1 aliphatic heterocycles. The summed E-state index contributed by atoms with van der Waals surface area (Å²) in [4.78, 5) is 11.0. The van der Waals surface area contributed by atoms with Gasteiger partial charge in [-0.1, -0.05) is 23.4 Å². The Balaban J connectivity index is 1.46. The number of hydrogen-bond donors (Lipinski definition) is 0. The Morgan fingerprint density at radius 1 is 1.08 bits per heavy atom. The molecular weight excluding hydrogens is 316 g/mol. The van der Waals surface area contributed by atoms with E-state index in [1.165, 1.54) is 5.56 Å². The van der Waals surface area contributed by atoms with Crippen LogP contribution in [0.15, 0.2) is 49.1 Å². The average molecular weight is 332 g/mol. The first-order valence-corrected chi connectivity index (χ1v) is 8.17. The molecule has 8 nitrogen and oxygen atoms in total. The molecule has 1 aliphatic rings. The lowest BCUT2D eigenvalue weighted by Gasteiger charge is -2.39. The quantitative estimate of drug-likeness (QED) is 0.569. The van der Waals surface area contributed by atoms with Crippen LogP contribution in [-0.2, 0) is 0 Å². The van der Waals surface area contributed by atoms with Crippen molar-refractivity contribution in [3.05, 3.63) is 54.6 Å². The highest BCUT2D eigenvalue weighted by Crippen LogP contribution is 2.30. The van der Waals surface area contributed by atoms with E-state index in [4.69, 9.17) is 0 Å². The minimum absolute atomic E-state index is 0.364. The van der Waals surface area contributed by atoms with Crippen LogP contribution in [0.1, 0.15) is 11.6 Å². The van der Waals surface area contributed by atoms with E-state index >= 15 is 0 Å². The molecule has 3 aromatic heterocycles. The van der Waals surface area contributed by atoms with E-state index in [0.717, 1.165) is 35.8 Å². The van der Waals surface area contributed by atoms with Crippen molar-refractivity contribution in [1.29, 1.82) is 0 Å². The van der Waals surface area contributed by atoms with Gasteiger partial charge in [0, 0.05) is 19.3 Å². The Labute approximate surface area is 143 Å². The molecule has 0 spiro atoms. The van der Waals surface area contributed by atoms with E-state index in [9.17, 15) is 0 Å². The zero-order chi connectivity index (χ0) is 16.8. The number of anilines is 1. The molecule has 1 fully saturated rings. The van der Waals surface area contributed by atoms with Crippen molar-refractivity contribution in [2.75, 3.05) is 18.0 Å². The number of fused-ring (bicyclic) bond motifs is 1. The number of aromatic nitrogens is 7. The Morgan fingerprint density at radius 2 is 1.92 bits per heavy atom. The molecule has 0 bridgehead atoms. The molecule has 25 heavy (non-hydrogen) atoms. The Kier molecular flexibility index (Phi) is 3.03. The second-order valence-electron chi connectivity index (χ2n) is 6.26. The number of aryl methyl sites for hydroxylation is 1. The van der Waals surface area contributed by atoms with Gasteiger partial charge >= 0.3 is 0 Å². The average Bonchev–Trinajstić information content (AvgIpc) is 3.21. The molecule has 0 aliphatic carbocycles. The van der Waals surface area contributed by atoms with Crippen LogP contribution in [0.2, 0.25) is 0 Å². The first-order valence-electron chi connectivity index (χ1n) is 8.17. The van der Waals surface area contributed by atoms with Crippen LogP contribution in [-0.4, -0.2) is 47.8 Å². The van der Waals surface area contributed by atoms with E-state index in [1.54, 1.807) is 11.0 Å². The minimum Gasteiger partial charge on any atom is -0.350 e. The molecule has 1 saturated heterocycles. The molecule has 0 saturated carbocycles. The molecule has 1 aromatic carbocycles. The summed E-state index contributed by atoms with van der Waals surface area (Å²) in [7, 11) is 0. The molecule has 0 atom stereocenters. The van der Waals surface area contributed by atoms with E-state index < -0.39 is 0 Å². The topological polar surface area (TPSA) is 77.6 Å². The highest BCUT2D eigenvalue weighted by atomic mass is 15.5. The van der Waals surface area contributed by atoms with Crippen LogP contribution in [0, 0.1) is 6.92 Å². The van der Waals surface area contributed by atoms with E-state index in [0.29, 0.717) is 6.04 Å². The highest BCUT2D eigenvalue weighted by Gasteiger charge is 2.32. The zero-order valence-corrected chi connectivity index (χ0v) is 13.7. The predicted molar refractivity (Wildman–Crippen MR) is 92.7 cm³/mol. The van der Waals surface area contributed by atoms with Gasteiger partial charge in [-0.2, -0.15) is 9.78 Å². The first kappa shape index (κ1) is 14.1. The minimum atomic E-state index is 0.364. The van der Waals surface area contributed by atoms with E-state index in [2.05, 4.69) is 43.4 Å². The standard InChI is InChI=1S/C17H16N8/c1-12-7-20-24(8-12)14-9-23(10-14)16-15-17(19-11-18-16)25(22-21-15)13-5-3-2-4-6-13/h2-8,11,14H,9-10H2,1H3. The maximum atomic E-state index is 4.44. The van der Waals surface area contributed by atoms with Crippen molar-refractivity contribution in [2.24, 2.45) is 0 Å². The van der Waals surface area contributed by atoms with Gasteiger partial charge in [-0.25, -0.2) is 9.97 Å². The van der Waals surface area contributed by atoms with Gasteiger partial charge in [0.25, 0.3) is 0 Å². The molecule has 124 valence electrons. The van der Waals surface area contributed by atoms with E-state index in [1.807, 2.05) is 41.2 Å². The molecular formula is C17H16N8. The van der Waals surface area contributed by atoms with Crippen molar-refractivity contribution in [3.8, 4) is 5.69 Å². The number of nitrogens with zero attached hydrogens (tertiary/aromatic N) is 8. The SMILES string of the molecule is Cc1cnn(C2CN(c3ncnc4c3nnn4-c3ccccc3)C2)c1. The molecule has 0 amide bonds. The highest BCUT2D eigenvalue weighted by molar-refractivity contribution is 5.84. The van der Waals surface area contributed by atoms with Crippen LogP contribution in [0.3, 0.4) is 0 Å². The van der Waals surface area contributed by atoms with Crippen LogP contribution in [0.5, 0.6) is 0 Å². The first-order chi connectivity index (χ1) is 12.3. The third kappa shape index (κ3) is 2.25. The van der Waals surface area contributed by atoms with Gasteiger partial charge in [0.05, 0.1) is 17.9 Å². The summed E-state index contributed by atoms with van der Waals surface area (Å²) >= 11 is 0. The summed E-state index contributed by atoms with van der Waals surface area (Å²) in [5, 5.41) is 13.0. The summed E-state index contributed by atoms with van der Waals surface area (Å²) in [5.74, 6) is 0.826. The summed E-state index contributed by atoms with van der Waals surface area (Å²) in [5.41, 5.74) is 3.55. The third-order valence-electron chi connectivity index (χ3n) is 4.49. The Morgan fingerprint density at radius 3 is 2.68 bits per heavy atom. The Hall–Kier alpha value is -3.29. The largest absolute Gasteiger partial charge is 0.350 e. The molecule has 5 rings (SSSR count). The Bertz CT molecular complexity index is 1030. The van der Waals surface area contributed by atoms with Crippen LogP contribution in [0.25, 0.3) is 16.9 Å². The number of benzene rings is 1. The van der Waals surface area contributed by atoms with Crippen molar-refractivity contribution >= 4 is 17.0 Å². The number of rotatable bonds is 3. The predicted octanol–water partition coefficient (Wildman–Crippen LogP) is 1.78. The van der Waals surface area contributed by atoms with Gasteiger partial charge in [-0.15, -0.1) is 5.10 Å². The van der Waals surface area contributed by atoms with Gasteiger partial charge in [0.15, 0.2) is 17.0 Å². The fourth-order valence-corrected chi connectivity index (χ4v) is 3.14.